The van der Waals surface area contributed by atoms with Gasteiger partial charge in [0.15, 0.2) is 5.11 Å². The average molecular weight is 367 g/mol. The van der Waals surface area contributed by atoms with Gasteiger partial charge in [-0.2, -0.15) is 0 Å². The number of benzene rings is 2. The topological polar surface area (TPSA) is 84.2 Å². The van der Waals surface area contributed by atoms with Crippen LogP contribution >= 0.6 is 12.2 Å². The van der Waals surface area contributed by atoms with Crippen LogP contribution in [0.4, 0.5) is 5.69 Å². The van der Waals surface area contributed by atoms with Gasteiger partial charge >= 0.3 is 0 Å². The zero-order valence-electron chi connectivity index (χ0n) is 14.7. The summed E-state index contributed by atoms with van der Waals surface area (Å²) in [5.41, 5.74) is 8.21. The molecule has 26 heavy (non-hydrogen) atoms. The summed E-state index contributed by atoms with van der Waals surface area (Å²) in [6, 6.07) is 14.7. The first-order valence-electron chi connectivity index (χ1n) is 8.15. The van der Waals surface area contributed by atoms with Gasteiger partial charge in [0.1, 0.15) is 0 Å². The minimum absolute atomic E-state index is 0.0866. The molecule has 0 atom stereocenters. The number of nitrogens with one attached hydrogen (secondary N) is 2. The second-order valence-corrected chi connectivity index (χ2v) is 6.42. The molecule has 0 aliphatic heterocycles. The maximum Gasteiger partial charge on any atom is 0.250 e. The first-order valence-corrected chi connectivity index (χ1v) is 8.56. The zero-order chi connectivity index (χ0) is 19.1. The molecule has 0 aromatic heterocycles. The normalized spacial score (nSPS) is 10.7. The molecule has 0 fully saturated rings. The van der Waals surface area contributed by atoms with E-state index < -0.39 is 5.91 Å². The molecule has 2 aromatic carbocycles. The van der Waals surface area contributed by atoms with Gasteiger partial charge in [0.25, 0.3) is 5.91 Å². The summed E-state index contributed by atoms with van der Waals surface area (Å²) >= 11 is 5.11. The Kier molecular flexibility index (Phi) is 6.63. The minimum atomic E-state index is -0.577. The molecule has 2 aromatic rings. The molecule has 2 rings (SSSR count). The highest BCUT2D eigenvalue weighted by atomic mass is 32.1. The van der Waals surface area contributed by atoms with Gasteiger partial charge in [0.2, 0.25) is 5.91 Å². The maximum atomic E-state index is 12.0. The van der Waals surface area contributed by atoms with Crippen LogP contribution in [0.25, 0.3) is 6.08 Å². The fourth-order valence-electron chi connectivity index (χ4n) is 2.28. The number of thiocarbonyl (C=S) groups is 1. The molecular weight excluding hydrogens is 346 g/mol. The number of hydrogen-bond donors (Lipinski definition) is 3. The molecule has 0 spiro atoms. The molecule has 5 nitrogen and oxygen atoms in total. The number of anilines is 1. The van der Waals surface area contributed by atoms with Crippen molar-refractivity contribution in [2.75, 3.05) is 5.32 Å². The Morgan fingerprint density at radius 1 is 1.08 bits per heavy atom. The van der Waals surface area contributed by atoms with Crippen LogP contribution < -0.4 is 16.4 Å². The Morgan fingerprint density at radius 3 is 2.35 bits per heavy atom. The van der Waals surface area contributed by atoms with Crippen LogP contribution in [0.15, 0.2) is 54.6 Å². The summed E-state index contributed by atoms with van der Waals surface area (Å²) in [6.07, 6.45) is 3.11. The number of primary amides is 1. The molecular formula is C20H21N3O2S. The fraction of sp³-hybridized carbons (Fsp3) is 0.150. The third-order valence-corrected chi connectivity index (χ3v) is 3.91. The molecule has 0 saturated carbocycles. The molecule has 2 amide bonds. The Hall–Kier alpha value is -2.99. The van der Waals surface area contributed by atoms with Crippen molar-refractivity contribution >= 4 is 40.9 Å². The van der Waals surface area contributed by atoms with Crippen molar-refractivity contribution in [1.82, 2.24) is 5.32 Å². The zero-order valence-corrected chi connectivity index (χ0v) is 15.5. The van der Waals surface area contributed by atoms with Crippen molar-refractivity contribution in [1.29, 1.82) is 0 Å². The van der Waals surface area contributed by atoms with E-state index in [0.717, 1.165) is 5.56 Å². The molecule has 0 unspecified atom stereocenters. The number of nitrogens with two attached hydrogens (primary N) is 1. The van der Waals surface area contributed by atoms with Crippen LogP contribution in [0.5, 0.6) is 0 Å². The fourth-order valence-corrected chi connectivity index (χ4v) is 2.49. The molecule has 4 N–H and O–H groups in total. The highest BCUT2D eigenvalue weighted by molar-refractivity contribution is 7.80. The van der Waals surface area contributed by atoms with Crippen molar-refractivity contribution in [3.8, 4) is 0 Å². The van der Waals surface area contributed by atoms with Crippen LogP contribution in [-0.2, 0) is 4.79 Å². The number of carbonyl (C=O) groups excluding carboxylic acids is 2. The monoisotopic (exact) mass is 367 g/mol. The molecule has 0 bridgehead atoms. The van der Waals surface area contributed by atoms with Crippen LogP contribution in [0.1, 0.15) is 41.3 Å². The van der Waals surface area contributed by atoms with Crippen molar-refractivity contribution < 1.29 is 9.59 Å². The molecule has 0 aliphatic carbocycles. The second kappa shape index (κ2) is 8.92. The summed E-state index contributed by atoms with van der Waals surface area (Å²) < 4.78 is 0. The highest BCUT2D eigenvalue weighted by Gasteiger charge is 2.09. The lowest BCUT2D eigenvalue weighted by molar-refractivity contribution is -0.115. The molecule has 0 aliphatic rings. The Labute approximate surface area is 158 Å². The smallest absolute Gasteiger partial charge is 0.250 e. The van der Waals surface area contributed by atoms with Gasteiger partial charge in [-0.05, 0) is 47.5 Å². The molecule has 6 heteroatoms. The van der Waals surface area contributed by atoms with Crippen LogP contribution in [-0.4, -0.2) is 16.9 Å². The van der Waals surface area contributed by atoms with Crippen molar-refractivity contribution in [3.63, 3.8) is 0 Å². The van der Waals surface area contributed by atoms with Crippen molar-refractivity contribution in [2.45, 2.75) is 19.8 Å². The van der Waals surface area contributed by atoms with Gasteiger partial charge in [0.05, 0.1) is 11.3 Å². The summed E-state index contributed by atoms with van der Waals surface area (Å²) in [4.78, 5) is 23.4. The van der Waals surface area contributed by atoms with E-state index in [1.807, 2.05) is 24.3 Å². The van der Waals surface area contributed by atoms with Crippen molar-refractivity contribution in [2.24, 2.45) is 5.73 Å². The van der Waals surface area contributed by atoms with Gasteiger partial charge < -0.3 is 11.1 Å². The summed E-state index contributed by atoms with van der Waals surface area (Å²) in [5.74, 6) is -0.484. The molecule has 134 valence electrons. The van der Waals surface area contributed by atoms with Gasteiger partial charge in [0, 0.05) is 6.08 Å². The van der Waals surface area contributed by atoms with Gasteiger partial charge in [-0.3, -0.25) is 14.9 Å². The Bertz CT molecular complexity index is 842. The predicted molar refractivity (Wildman–Crippen MR) is 109 cm³/mol. The van der Waals surface area contributed by atoms with Crippen molar-refractivity contribution in [3.05, 3.63) is 71.3 Å². The standard InChI is InChI=1S/C20H21N3O2S/c1-13(2)15-10-7-14(8-11-15)9-12-18(24)23-20(26)22-17-6-4-3-5-16(17)19(21)25/h3-13H,1-2H3,(H2,21,25)(H2,22,23,24,26)/b12-9+. The summed E-state index contributed by atoms with van der Waals surface area (Å²) in [5, 5.41) is 5.43. The van der Waals surface area contributed by atoms with E-state index in [1.54, 1.807) is 30.3 Å². The average Bonchev–Trinajstić information content (AvgIpc) is 2.60. The number of hydrogen-bond acceptors (Lipinski definition) is 3. The predicted octanol–water partition coefficient (Wildman–Crippen LogP) is 3.44. The van der Waals surface area contributed by atoms with Gasteiger partial charge in [-0.25, -0.2) is 0 Å². The number of amides is 2. The van der Waals surface area contributed by atoms with Crippen LogP contribution in [0, 0.1) is 0 Å². The lowest BCUT2D eigenvalue weighted by Crippen LogP contribution is -2.33. The van der Waals surface area contributed by atoms with E-state index in [2.05, 4.69) is 24.5 Å². The second-order valence-electron chi connectivity index (χ2n) is 6.01. The Balaban J connectivity index is 1.95. The minimum Gasteiger partial charge on any atom is -0.366 e. The van der Waals surface area contributed by atoms with Crippen LogP contribution in [0.3, 0.4) is 0 Å². The lowest BCUT2D eigenvalue weighted by atomic mass is 10.0. The number of para-hydroxylation sites is 1. The Morgan fingerprint density at radius 2 is 1.73 bits per heavy atom. The van der Waals surface area contributed by atoms with Gasteiger partial charge in [-0.15, -0.1) is 0 Å². The summed E-state index contributed by atoms with van der Waals surface area (Å²) in [6.45, 7) is 4.26. The van der Waals surface area contributed by atoms with E-state index in [0.29, 0.717) is 17.2 Å². The van der Waals surface area contributed by atoms with E-state index in [4.69, 9.17) is 18.0 Å². The SMILES string of the molecule is CC(C)c1ccc(/C=C/C(=O)NC(=S)Nc2ccccc2C(N)=O)cc1. The van der Waals surface area contributed by atoms with Gasteiger partial charge in [-0.1, -0.05) is 50.2 Å². The number of rotatable bonds is 5. The quantitative estimate of drug-likeness (QED) is 0.558. The number of carbonyl (C=O) groups is 2. The van der Waals surface area contributed by atoms with E-state index >= 15 is 0 Å². The van der Waals surface area contributed by atoms with E-state index in [-0.39, 0.29) is 11.0 Å². The van der Waals surface area contributed by atoms with E-state index in [9.17, 15) is 9.59 Å². The van der Waals surface area contributed by atoms with E-state index in [1.165, 1.54) is 11.6 Å². The molecule has 0 heterocycles. The molecule has 0 saturated heterocycles. The largest absolute Gasteiger partial charge is 0.366 e. The van der Waals surface area contributed by atoms with Crippen LogP contribution in [0.2, 0.25) is 0 Å². The highest BCUT2D eigenvalue weighted by Crippen LogP contribution is 2.15. The summed E-state index contributed by atoms with van der Waals surface area (Å²) in [7, 11) is 0. The lowest BCUT2D eigenvalue weighted by Gasteiger charge is -2.10. The first-order chi connectivity index (χ1) is 12.4. The third kappa shape index (κ3) is 5.53. The third-order valence-electron chi connectivity index (χ3n) is 3.71. The first kappa shape index (κ1) is 19.3. The maximum absolute atomic E-state index is 12.0. The molecule has 0 radical (unpaired) electrons.